The molecule has 1 heterocycles. The zero-order valence-corrected chi connectivity index (χ0v) is 12.3. The first-order valence-electron chi connectivity index (χ1n) is 7.00. The fraction of sp³-hybridized carbons (Fsp3) is 0.929. The lowest BCUT2D eigenvalue weighted by Gasteiger charge is -2.23. The molecule has 0 aromatic rings. The Morgan fingerprint density at radius 1 is 1.44 bits per heavy atom. The molecule has 0 spiro atoms. The molecule has 4 heteroatoms. The van der Waals surface area contributed by atoms with Crippen molar-refractivity contribution in [1.82, 2.24) is 9.80 Å². The number of likely N-dealkylation sites (N-methyl/N-ethyl adjacent to an activating group) is 1. The molecule has 18 heavy (non-hydrogen) atoms. The van der Waals surface area contributed by atoms with E-state index < -0.39 is 5.54 Å². The van der Waals surface area contributed by atoms with Crippen LogP contribution in [0.1, 0.15) is 33.1 Å². The van der Waals surface area contributed by atoms with Crippen LogP contribution in [0.25, 0.3) is 0 Å². The Morgan fingerprint density at radius 3 is 2.56 bits per heavy atom. The van der Waals surface area contributed by atoms with Gasteiger partial charge in [0, 0.05) is 19.1 Å². The van der Waals surface area contributed by atoms with Gasteiger partial charge in [-0.2, -0.15) is 5.26 Å². The van der Waals surface area contributed by atoms with E-state index in [0.29, 0.717) is 6.04 Å². The molecule has 0 aliphatic carbocycles. The van der Waals surface area contributed by atoms with Crippen LogP contribution in [0.4, 0.5) is 0 Å². The van der Waals surface area contributed by atoms with Crippen LogP contribution in [-0.2, 0) is 0 Å². The van der Waals surface area contributed by atoms with E-state index in [2.05, 4.69) is 36.9 Å². The highest BCUT2D eigenvalue weighted by Crippen LogP contribution is 2.21. The van der Waals surface area contributed by atoms with Crippen molar-refractivity contribution in [3.05, 3.63) is 0 Å². The first kappa shape index (κ1) is 15.4. The first-order chi connectivity index (χ1) is 8.41. The maximum Gasteiger partial charge on any atom is 0.104 e. The summed E-state index contributed by atoms with van der Waals surface area (Å²) in [5.41, 5.74) is 5.38. The molecule has 1 rings (SSSR count). The summed E-state index contributed by atoms with van der Waals surface area (Å²) in [4.78, 5) is 4.82. The summed E-state index contributed by atoms with van der Waals surface area (Å²) in [5, 5.41) is 9.04. The van der Waals surface area contributed by atoms with Gasteiger partial charge in [0.1, 0.15) is 5.54 Å². The lowest BCUT2D eigenvalue weighted by molar-refractivity contribution is 0.249. The van der Waals surface area contributed by atoms with E-state index in [1.807, 2.05) is 6.92 Å². The van der Waals surface area contributed by atoms with E-state index in [9.17, 15) is 0 Å². The summed E-state index contributed by atoms with van der Waals surface area (Å²) in [6.07, 6.45) is 2.56. The summed E-state index contributed by atoms with van der Waals surface area (Å²) in [6.45, 7) is 7.68. The minimum Gasteiger partial charge on any atom is -0.313 e. The third-order valence-electron chi connectivity index (χ3n) is 4.26. The van der Waals surface area contributed by atoms with Crippen LogP contribution < -0.4 is 5.73 Å². The van der Waals surface area contributed by atoms with Crippen LogP contribution in [0.15, 0.2) is 0 Å². The summed E-state index contributed by atoms with van der Waals surface area (Å²) < 4.78 is 0. The predicted molar refractivity (Wildman–Crippen MR) is 75.1 cm³/mol. The number of nitrogens with two attached hydrogens (primary N) is 1. The number of rotatable bonds is 6. The number of likely N-dealkylation sites (tertiary alicyclic amines) is 1. The molecule has 1 aliphatic rings. The number of nitrogens with zero attached hydrogens (tertiary/aromatic N) is 3. The SMILES string of the molecule is CCC(N)(C#N)CCCN1CC(C)C(N(C)C)C1. The highest BCUT2D eigenvalue weighted by atomic mass is 15.2. The minimum atomic E-state index is -0.619. The van der Waals surface area contributed by atoms with Crippen molar-refractivity contribution in [3.63, 3.8) is 0 Å². The molecular weight excluding hydrogens is 224 g/mol. The van der Waals surface area contributed by atoms with Crippen molar-refractivity contribution in [3.8, 4) is 6.07 Å². The smallest absolute Gasteiger partial charge is 0.104 e. The summed E-state index contributed by atoms with van der Waals surface area (Å²) in [5.74, 6) is 0.727. The molecule has 1 saturated heterocycles. The van der Waals surface area contributed by atoms with Gasteiger partial charge >= 0.3 is 0 Å². The molecule has 0 aromatic heterocycles. The van der Waals surface area contributed by atoms with Crippen molar-refractivity contribution in [2.24, 2.45) is 11.7 Å². The van der Waals surface area contributed by atoms with Gasteiger partial charge < -0.3 is 15.5 Å². The van der Waals surface area contributed by atoms with Crippen molar-refractivity contribution < 1.29 is 0 Å². The average Bonchev–Trinajstić information content (AvgIpc) is 2.70. The molecule has 0 saturated carbocycles. The zero-order chi connectivity index (χ0) is 13.8. The standard InChI is InChI=1S/C14H28N4/c1-5-14(16,11-15)7-6-8-18-9-12(2)13(10-18)17(3)4/h12-13H,5-10,16H2,1-4H3. The van der Waals surface area contributed by atoms with Gasteiger partial charge in [-0.15, -0.1) is 0 Å². The second-order valence-corrected chi connectivity index (χ2v) is 5.99. The normalized spacial score (nSPS) is 28.3. The Bertz CT molecular complexity index is 297. The molecule has 0 aromatic carbocycles. The molecule has 1 fully saturated rings. The van der Waals surface area contributed by atoms with Gasteiger partial charge in [-0.1, -0.05) is 13.8 Å². The second kappa shape index (κ2) is 6.51. The largest absolute Gasteiger partial charge is 0.313 e. The summed E-state index contributed by atoms with van der Waals surface area (Å²) in [7, 11) is 4.31. The molecular formula is C14H28N4. The number of nitriles is 1. The van der Waals surface area contributed by atoms with Gasteiger partial charge in [0.2, 0.25) is 0 Å². The molecule has 3 atom stereocenters. The van der Waals surface area contributed by atoms with Gasteiger partial charge in [0.15, 0.2) is 0 Å². The van der Waals surface area contributed by atoms with E-state index in [1.54, 1.807) is 0 Å². The van der Waals surface area contributed by atoms with Crippen molar-refractivity contribution in [1.29, 1.82) is 5.26 Å². The monoisotopic (exact) mass is 252 g/mol. The van der Waals surface area contributed by atoms with Crippen LogP contribution in [0.3, 0.4) is 0 Å². The number of hydrogen-bond donors (Lipinski definition) is 1. The molecule has 2 N–H and O–H groups in total. The zero-order valence-electron chi connectivity index (χ0n) is 12.3. The highest BCUT2D eigenvalue weighted by molar-refractivity contribution is 5.03. The average molecular weight is 252 g/mol. The Morgan fingerprint density at radius 2 is 2.11 bits per heavy atom. The number of hydrogen-bond acceptors (Lipinski definition) is 4. The van der Waals surface area contributed by atoms with Crippen LogP contribution in [0.5, 0.6) is 0 Å². The Balaban J connectivity index is 2.32. The van der Waals surface area contributed by atoms with E-state index >= 15 is 0 Å². The van der Waals surface area contributed by atoms with Crippen LogP contribution in [-0.4, -0.2) is 55.1 Å². The molecule has 3 unspecified atom stereocenters. The van der Waals surface area contributed by atoms with Gasteiger partial charge in [0.25, 0.3) is 0 Å². The Kier molecular flexibility index (Phi) is 5.58. The van der Waals surface area contributed by atoms with Crippen molar-refractivity contribution in [2.75, 3.05) is 33.7 Å². The van der Waals surface area contributed by atoms with Crippen molar-refractivity contribution in [2.45, 2.75) is 44.7 Å². The van der Waals surface area contributed by atoms with Crippen LogP contribution >= 0.6 is 0 Å². The molecule has 1 aliphatic heterocycles. The highest BCUT2D eigenvalue weighted by Gasteiger charge is 2.31. The maximum atomic E-state index is 9.04. The molecule has 0 amide bonds. The van der Waals surface area contributed by atoms with E-state index in [4.69, 9.17) is 11.0 Å². The van der Waals surface area contributed by atoms with E-state index in [1.165, 1.54) is 6.54 Å². The maximum absolute atomic E-state index is 9.04. The minimum absolute atomic E-state index is 0.619. The topological polar surface area (TPSA) is 56.3 Å². The van der Waals surface area contributed by atoms with Gasteiger partial charge in [-0.3, -0.25) is 0 Å². The van der Waals surface area contributed by atoms with Crippen LogP contribution in [0.2, 0.25) is 0 Å². The third-order valence-corrected chi connectivity index (χ3v) is 4.26. The quantitative estimate of drug-likeness (QED) is 0.773. The summed E-state index contributed by atoms with van der Waals surface area (Å²) in [6, 6.07) is 2.90. The Hall–Kier alpha value is -0.630. The lowest BCUT2D eigenvalue weighted by atomic mass is 9.93. The van der Waals surface area contributed by atoms with Crippen LogP contribution in [0, 0.1) is 17.2 Å². The molecule has 104 valence electrons. The van der Waals surface area contributed by atoms with Gasteiger partial charge in [0.05, 0.1) is 6.07 Å². The molecule has 0 radical (unpaired) electrons. The fourth-order valence-corrected chi connectivity index (χ4v) is 2.83. The second-order valence-electron chi connectivity index (χ2n) is 5.99. The van der Waals surface area contributed by atoms with Gasteiger partial charge in [-0.05, 0) is 45.8 Å². The van der Waals surface area contributed by atoms with E-state index in [0.717, 1.165) is 38.3 Å². The lowest BCUT2D eigenvalue weighted by Crippen LogP contribution is -2.38. The summed E-state index contributed by atoms with van der Waals surface area (Å²) >= 11 is 0. The van der Waals surface area contributed by atoms with E-state index in [-0.39, 0.29) is 0 Å². The van der Waals surface area contributed by atoms with Gasteiger partial charge in [-0.25, -0.2) is 0 Å². The Labute approximate surface area is 112 Å². The fourth-order valence-electron chi connectivity index (χ4n) is 2.83. The molecule has 4 nitrogen and oxygen atoms in total. The van der Waals surface area contributed by atoms with Crippen molar-refractivity contribution >= 4 is 0 Å². The third kappa shape index (κ3) is 3.94. The molecule has 0 bridgehead atoms. The predicted octanol–water partition coefficient (Wildman–Crippen LogP) is 1.28. The first-order valence-corrected chi connectivity index (χ1v) is 7.00.